The highest BCUT2D eigenvalue weighted by atomic mass is 16.1. The normalized spacial score (nSPS) is 11.0. The van der Waals surface area contributed by atoms with E-state index < -0.39 is 0 Å². The molecule has 132 valence electrons. The Morgan fingerprint density at radius 3 is 1.39 bits per heavy atom. The maximum atomic E-state index is 12.1. The van der Waals surface area contributed by atoms with Crippen LogP contribution < -0.4 is 0 Å². The fourth-order valence-corrected chi connectivity index (χ4v) is 3.91. The molecule has 5 rings (SSSR count). The summed E-state index contributed by atoms with van der Waals surface area (Å²) in [5.41, 5.74) is 4.78. The van der Waals surface area contributed by atoms with Crippen LogP contribution in [0.15, 0.2) is 103 Å². The van der Waals surface area contributed by atoms with Gasteiger partial charge in [0.25, 0.3) is 0 Å². The van der Waals surface area contributed by atoms with Crippen LogP contribution in [0.3, 0.4) is 0 Å². The van der Waals surface area contributed by atoms with Gasteiger partial charge in [-0.1, -0.05) is 91.0 Å². The van der Waals surface area contributed by atoms with Crippen LogP contribution in [-0.2, 0) is 0 Å². The zero-order chi connectivity index (χ0) is 18.9. The standard InChI is InChI=1S/C27H18O/c28-18-27-25(23-14-12-19-6-1-3-8-21(19)16-23)10-5-11-26(27)24-15-13-20-7-2-4-9-22(20)17-24/h1-18H. The quantitative estimate of drug-likeness (QED) is 0.313. The Labute approximate surface area is 163 Å². The molecule has 5 aromatic rings. The first-order valence-corrected chi connectivity index (χ1v) is 9.40. The molecule has 0 saturated heterocycles. The molecule has 5 aromatic carbocycles. The Bertz CT molecular complexity index is 1230. The van der Waals surface area contributed by atoms with E-state index in [9.17, 15) is 4.79 Å². The van der Waals surface area contributed by atoms with Gasteiger partial charge in [-0.25, -0.2) is 0 Å². The molecule has 28 heavy (non-hydrogen) atoms. The molecule has 0 aliphatic heterocycles. The van der Waals surface area contributed by atoms with Crippen LogP contribution in [0.25, 0.3) is 43.8 Å². The van der Waals surface area contributed by atoms with Gasteiger partial charge in [0.2, 0.25) is 0 Å². The van der Waals surface area contributed by atoms with E-state index in [2.05, 4.69) is 60.7 Å². The monoisotopic (exact) mass is 358 g/mol. The van der Waals surface area contributed by atoms with Gasteiger partial charge in [-0.3, -0.25) is 4.79 Å². The number of carbonyl (C=O) groups is 1. The summed E-state index contributed by atoms with van der Waals surface area (Å²) in [4.78, 5) is 12.1. The van der Waals surface area contributed by atoms with Crippen molar-refractivity contribution in [2.24, 2.45) is 0 Å². The lowest BCUT2D eigenvalue weighted by molar-refractivity contribution is 0.112. The van der Waals surface area contributed by atoms with E-state index in [0.717, 1.165) is 34.1 Å². The predicted molar refractivity (Wildman–Crippen MR) is 118 cm³/mol. The van der Waals surface area contributed by atoms with Gasteiger partial charge in [-0.05, 0) is 55.9 Å². The highest BCUT2D eigenvalue weighted by Crippen LogP contribution is 2.34. The molecule has 0 aliphatic rings. The third-order valence-electron chi connectivity index (χ3n) is 5.34. The first-order chi connectivity index (χ1) is 13.8. The molecule has 0 unspecified atom stereocenters. The van der Waals surface area contributed by atoms with Crippen LogP contribution >= 0.6 is 0 Å². The molecule has 0 N–H and O–H groups in total. The average Bonchev–Trinajstić information content (AvgIpc) is 2.77. The van der Waals surface area contributed by atoms with Crippen molar-refractivity contribution >= 4 is 27.8 Å². The molecule has 0 fully saturated rings. The van der Waals surface area contributed by atoms with Crippen LogP contribution in [0.5, 0.6) is 0 Å². The molecule has 0 spiro atoms. The number of aldehydes is 1. The van der Waals surface area contributed by atoms with Crippen molar-refractivity contribution < 1.29 is 4.79 Å². The minimum Gasteiger partial charge on any atom is -0.298 e. The fourth-order valence-electron chi connectivity index (χ4n) is 3.91. The third kappa shape index (κ3) is 2.78. The summed E-state index contributed by atoms with van der Waals surface area (Å²) < 4.78 is 0. The van der Waals surface area contributed by atoms with E-state index in [0.29, 0.717) is 0 Å². The minimum absolute atomic E-state index is 0.730. The third-order valence-corrected chi connectivity index (χ3v) is 5.34. The molecule has 0 aromatic heterocycles. The summed E-state index contributed by atoms with van der Waals surface area (Å²) >= 11 is 0. The molecule has 0 amide bonds. The van der Waals surface area contributed by atoms with Gasteiger partial charge in [0.15, 0.2) is 6.29 Å². The van der Waals surface area contributed by atoms with E-state index in [1.807, 2.05) is 42.5 Å². The molecular weight excluding hydrogens is 340 g/mol. The van der Waals surface area contributed by atoms with Crippen LogP contribution in [0.4, 0.5) is 0 Å². The lowest BCUT2D eigenvalue weighted by atomic mass is 9.91. The summed E-state index contributed by atoms with van der Waals surface area (Å²) in [6, 6.07) is 35.4. The molecule has 0 atom stereocenters. The first kappa shape index (κ1) is 16.5. The lowest BCUT2D eigenvalue weighted by Gasteiger charge is -2.12. The number of carbonyl (C=O) groups excluding carboxylic acids is 1. The molecule has 0 aliphatic carbocycles. The zero-order valence-corrected chi connectivity index (χ0v) is 15.3. The van der Waals surface area contributed by atoms with Gasteiger partial charge in [0.1, 0.15) is 0 Å². The van der Waals surface area contributed by atoms with Gasteiger partial charge in [0, 0.05) is 5.56 Å². The maximum absolute atomic E-state index is 12.1. The highest BCUT2D eigenvalue weighted by molar-refractivity contribution is 5.99. The maximum Gasteiger partial charge on any atom is 0.151 e. The Morgan fingerprint density at radius 2 is 0.929 bits per heavy atom. The number of hydrogen-bond acceptors (Lipinski definition) is 1. The van der Waals surface area contributed by atoms with E-state index in [1.54, 1.807) is 0 Å². The number of fused-ring (bicyclic) bond motifs is 2. The minimum atomic E-state index is 0.730. The average molecular weight is 358 g/mol. The predicted octanol–water partition coefficient (Wildman–Crippen LogP) is 7.14. The van der Waals surface area contributed by atoms with Crippen molar-refractivity contribution in [2.45, 2.75) is 0 Å². The summed E-state index contributed by atoms with van der Waals surface area (Å²) in [5, 5.41) is 4.75. The molecule has 0 saturated carbocycles. The zero-order valence-electron chi connectivity index (χ0n) is 15.3. The van der Waals surface area contributed by atoms with Gasteiger partial charge in [-0.15, -0.1) is 0 Å². The Morgan fingerprint density at radius 1 is 0.464 bits per heavy atom. The molecule has 1 nitrogen and oxygen atoms in total. The molecule has 0 heterocycles. The van der Waals surface area contributed by atoms with E-state index in [4.69, 9.17) is 0 Å². The van der Waals surface area contributed by atoms with Crippen LogP contribution in [0.1, 0.15) is 10.4 Å². The Kier molecular flexibility index (Phi) is 3.99. The molecule has 0 bridgehead atoms. The van der Waals surface area contributed by atoms with Crippen molar-refractivity contribution in [1.29, 1.82) is 0 Å². The summed E-state index contributed by atoms with van der Waals surface area (Å²) in [6.45, 7) is 0. The second-order valence-electron chi connectivity index (χ2n) is 7.01. The van der Waals surface area contributed by atoms with Crippen LogP contribution in [-0.4, -0.2) is 6.29 Å². The van der Waals surface area contributed by atoms with Crippen LogP contribution in [0.2, 0.25) is 0 Å². The van der Waals surface area contributed by atoms with E-state index >= 15 is 0 Å². The molecular formula is C27H18O. The Balaban J connectivity index is 1.70. The number of hydrogen-bond donors (Lipinski definition) is 0. The van der Waals surface area contributed by atoms with Gasteiger partial charge in [-0.2, -0.15) is 0 Å². The lowest BCUT2D eigenvalue weighted by Crippen LogP contribution is -1.93. The first-order valence-electron chi connectivity index (χ1n) is 9.40. The number of rotatable bonds is 3. The van der Waals surface area contributed by atoms with E-state index in [1.165, 1.54) is 21.5 Å². The smallest absolute Gasteiger partial charge is 0.151 e. The van der Waals surface area contributed by atoms with Gasteiger partial charge < -0.3 is 0 Å². The van der Waals surface area contributed by atoms with Crippen molar-refractivity contribution in [1.82, 2.24) is 0 Å². The summed E-state index contributed by atoms with van der Waals surface area (Å²) in [6.07, 6.45) is 0.981. The Hall–Kier alpha value is -3.71. The van der Waals surface area contributed by atoms with Crippen molar-refractivity contribution in [3.63, 3.8) is 0 Å². The van der Waals surface area contributed by atoms with Crippen LogP contribution in [0, 0.1) is 0 Å². The largest absolute Gasteiger partial charge is 0.298 e. The van der Waals surface area contributed by atoms with Crippen molar-refractivity contribution in [2.75, 3.05) is 0 Å². The van der Waals surface area contributed by atoms with E-state index in [-0.39, 0.29) is 0 Å². The van der Waals surface area contributed by atoms with Gasteiger partial charge >= 0.3 is 0 Å². The second kappa shape index (κ2) is 6.79. The second-order valence-corrected chi connectivity index (χ2v) is 7.01. The molecule has 0 radical (unpaired) electrons. The SMILES string of the molecule is O=Cc1c(-c2ccc3ccccc3c2)cccc1-c1ccc2ccccc2c1. The molecule has 1 heteroatoms. The number of benzene rings is 5. The highest BCUT2D eigenvalue weighted by Gasteiger charge is 2.12. The summed E-state index contributed by atoms with van der Waals surface area (Å²) in [5.74, 6) is 0. The topological polar surface area (TPSA) is 17.1 Å². The van der Waals surface area contributed by atoms with Crippen molar-refractivity contribution in [3.05, 3.63) is 109 Å². The van der Waals surface area contributed by atoms with Crippen molar-refractivity contribution in [3.8, 4) is 22.3 Å². The fraction of sp³-hybridized carbons (Fsp3) is 0. The van der Waals surface area contributed by atoms with Gasteiger partial charge in [0.05, 0.1) is 0 Å². The summed E-state index contributed by atoms with van der Waals surface area (Å²) in [7, 11) is 0.